The number of amides is 1. The first-order valence-corrected chi connectivity index (χ1v) is 6.31. The van der Waals surface area contributed by atoms with Crippen molar-refractivity contribution in [3.63, 3.8) is 0 Å². The molecule has 1 heterocycles. The molecule has 1 aromatic heterocycles. The van der Waals surface area contributed by atoms with Crippen LogP contribution in [0.4, 0.5) is 11.5 Å². The van der Waals surface area contributed by atoms with E-state index in [0.29, 0.717) is 11.4 Å². The number of benzene rings is 1. The number of hydrazine groups is 1. The van der Waals surface area contributed by atoms with E-state index in [-0.39, 0.29) is 5.91 Å². The average Bonchev–Trinajstić information content (AvgIpc) is 2.45. The summed E-state index contributed by atoms with van der Waals surface area (Å²) < 4.78 is 0. The van der Waals surface area contributed by atoms with Crippen LogP contribution in [0.5, 0.6) is 0 Å². The molecular formula is C15H18N4O. The Balaban J connectivity index is 2.37. The third-order valence-electron chi connectivity index (χ3n) is 3.19. The van der Waals surface area contributed by atoms with Gasteiger partial charge in [-0.2, -0.15) is 0 Å². The van der Waals surface area contributed by atoms with Gasteiger partial charge < -0.3 is 10.3 Å². The Morgan fingerprint density at radius 1 is 1.30 bits per heavy atom. The molecule has 0 fully saturated rings. The second-order valence-electron chi connectivity index (χ2n) is 4.70. The molecule has 0 radical (unpaired) electrons. The van der Waals surface area contributed by atoms with Gasteiger partial charge in [0, 0.05) is 18.9 Å². The Hall–Kier alpha value is -2.40. The van der Waals surface area contributed by atoms with E-state index in [1.54, 1.807) is 30.3 Å². The van der Waals surface area contributed by atoms with E-state index < -0.39 is 0 Å². The fourth-order valence-electron chi connectivity index (χ4n) is 2.16. The number of nitrogen functional groups attached to an aromatic ring is 1. The maximum Gasteiger partial charge on any atom is 0.261 e. The van der Waals surface area contributed by atoms with E-state index in [4.69, 9.17) is 5.84 Å². The van der Waals surface area contributed by atoms with E-state index in [0.717, 1.165) is 16.8 Å². The van der Waals surface area contributed by atoms with Crippen LogP contribution in [0.3, 0.4) is 0 Å². The number of aryl methyl sites for hydroxylation is 2. The number of pyridine rings is 1. The molecule has 1 amide bonds. The van der Waals surface area contributed by atoms with Crippen molar-refractivity contribution in [2.45, 2.75) is 13.8 Å². The molecule has 0 aliphatic rings. The first kappa shape index (κ1) is 14.0. The summed E-state index contributed by atoms with van der Waals surface area (Å²) in [6.45, 7) is 4.01. The normalized spacial score (nSPS) is 10.2. The predicted molar refractivity (Wildman–Crippen MR) is 80.7 cm³/mol. The molecule has 2 aromatic rings. The van der Waals surface area contributed by atoms with Crippen molar-refractivity contribution in [2.24, 2.45) is 5.84 Å². The van der Waals surface area contributed by atoms with Crippen LogP contribution >= 0.6 is 0 Å². The van der Waals surface area contributed by atoms with Crippen molar-refractivity contribution in [1.82, 2.24) is 4.98 Å². The molecule has 0 saturated carbocycles. The highest BCUT2D eigenvalue weighted by Gasteiger charge is 2.18. The molecule has 0 saturated heterocycles. The van der Waals surface area contributed by atoms with Gasteiger partial charge in [-0.1, -0.05) is 17.7 Å². The van der Waals surface area contributed by atoms with Gasteiger partial charge in [0.1, 0.15) is 0 Å². The van der Waals surface area contributed by atoms with Gasteiger partial charge in [0.25, 0.3) is 5.91 Å². The third-order valence-corrected chi connectivity index (χ3v) is 3.19. The molecule has 0 aliphatic carbocycles. The lowest BCUT2D eigenvalue weighted by atomic mass is 10.1. The number of nitrogens with two attached hydrogens (primary N) is 1. The zero-order valence-electron chi connectivity index (χ0n) is 11.8. The van der Waals surface area contributed by atoms with Gasteiger partial charge >= 0.3 is 0 Å². The van der Waals surface area contributed by atoms with Gasteiger partial charge in [-0.15, -0.1) is 0 Å². The van der Waals surface area contributed by atoms with Crippen molar-refractivity contribution in [3.05, 3.63) is 53.2 Å². The van der Waals surface area contributed by atoms with Gasteiger partial charge in [0.05, 0.1) is 5.56 Å². The Morgan fingerprint density at radius 3 is 2.70 bits per heavy atom. The smallest absolute Gasteiger partial charge is 0.261 e. The van der Waals surface area contributed by atoms with Crippen LogP contribution in [-0.4, -0.2) is 17.9 Å². The van der Waals surface area contributed by atoms with Gasteiger partial charge in [0.15, 0.2) is 5.82 Å². The number of carbonyl (C=O) groups excluding carboxylic acids is 1. The Kier molecular flexibility index (Phi) is 4.00. The van der Waals surface area contributed by atoms with Crippen molar-refractivity contribution in [2.75, 3.05) is 17.4 Å². The minimum atomic E-state index is -0.155. The van der Waals surface area contributed by atoms with E-state index in [9.17, 15) is 4.79 Å². The van der Waals surface area contributed by atoms with Crippen LogP contribution in [-0.2, 0) is 0 Å². The topological polar surface area (TPSA) is 71.2 Å². The number of nitrogens with zero attached hydrogens (tertiary/aromatic N) is 2. The number of hydrogen-bond donors (Lipinski definition) is 2. The van der Waals surface area contributed by atoms with E-state index in [2.05, 4.69) is 10.4 Å². The van der Waals surface area contributed by atoms with Crippen molar-refractivity contribution < 1.29 is 4.79 Å². The summed E-state index contributed by atoms with van der Waals surface area (Å²) in [4.78, 5) is 18.2. The quantitative estimate of drug-likeness (QED) is 0.663. The zero-order chi connectivity index (χ0) is 14.7. The molecule has 20 heavy (non-hydrogen) atoms. The van der Waals surface area contributed by atoms with E-state index in [1.165, 1.54) is 0 Å². The maximum atomic E-state index is 12.6. The highest BCUT2D eigenvalue weighted by molar-refractivity contribution is 6.09. The largest absolute Gasteiger partial charge is 0.311 e. The summed E-state index contributed by atoms with van der Waals surface area (Å²) in [5.74, 6) is 5.61. The van der Waals surface area contributed by atoms with Gasteiger partial charge in [-0.25, -0.2) is 10.8 Å². The van der Waals surface area contributed by atoms with Gasteiger partial charge in [-0.05, 0) is 37.6 Å². The van der Waals surface area contributed by atoms with Gasteiger partial charge in [-0.3, -0.25) is 4.79 Å². The van der Waals surface area contributed by atoms with Crippen LogP contribution in [0.25, 0.3) is 0 Å². The molecule has 0 aliphatic heterocycles. The molecule has 0 atom stereocenters. The number of rotatable bonds is 3. The molecule has 104 valence electrons. The Morgan fingerprint density at radius 2 is 2.05 bits per heavy atom. The third kappa shape index (κ3) is 2.62. The molecular weight excluding hydrogens is 252 g/mol. The molecule has 0 bridgehead atoms. The van der Waals surface area contributed by atoms with Crippen LogP contribution in [0.15, 0.2) is 36.5 Å². The lowest BCUT2D eigenvalue weighted by molar-refractivity contribution is 0.0993. The lowest BCUT2D eigenvalue weighted by Crippen LogP contribution is -2.28. The average molecular weight is 270 g/mol. The zero-order valence-corrected chi connectivity index (χ0v) is 11.8. The summed E-state index contributed by atoms with van der Waals surface area (Å²) in [6.07, 6.45) is 1.59. The molecule has 1 aromatic carbocycles. The highest BCUT2D eigenvalue weighted by atomic mass is 16.2. The monoisotopic (exact) mass is 270 g/mol. The first-order chi connectivity index (χ1) is 9.54. The van der Waals surface area contributed by atoms with E-state index in [1.807, 2.05) is 32.0 Å². The van der Waals surface area contributed by atoms with Crippen molar-refractivity contribution >= 4 is 17.4 Å². The van der Waals surface area contributed by atoms with Crippen molar-refractivity contribution in [3.8, 4) is 0 Å². The number of aromatic nitrogens is 1. The summed E-state index contributed by atoms with van der Waals surface area (Å²) >= 11 is 0. The molecule has 0 spiro atoms. The van der Waals surface area contributed by atoms with Crippen LogP contribution in [0.1, 0.15) is 21.5 Å². The van der Waals surface area contributed by atoms with Crippen LogP contribution < -0.4 is 16.2 Å². The summed E-state index contributed by atoms with van der Waals surface area (Å²) in [5, 5.41) is 0. The number of nitrogens with one attached hydrogen (secondary N) is 1. The summed E-state index contributed by atoms with van der Waals surface area (Å²) in [6, 6.07) is 9.38. The number of anilines is 2. The van der Waals surface area contributed by atoms with Crippen LogP contribution in [0.2, 0.25) is 0 Å². The SMILES string of the molecule is Cc1ccc(N(C)C(=O)c2cccnc2NN)c(C)c1. The fraction of sp³-hybridized carbons (Fsp3) is 0.200. The minimum absolute atomic E-state index is 0.155. The molecule has 3 N–H and O–H groups in total. The van der Waals surface area contributed by atoms with E-state index >= 15 is 0 Å². The molecule has 0 unspecified atom stereocenters. The number of carbonyl (C=O) groups is 1. The second kappa shape index (κ2) is 5.71. The fourth-order valence-corrected chi connectivity index (χ4v) is 2.16. The Labute approximate surface area is 118 Å². The first-order valence-electron chi connectivity index (χ1n) is 6.31. The number of hydrogen-bond acceptors (Lipinski definition) is 4. The summed E-state index contributed by atoms with van der Waals surface area (Å²) in [5.41, 5.74) is 5.97. The van der Waals surface area contributed by atoms with Gasteiger partial charge in [0.2, 0.25) is 0 Å². The predicted octanol–water partition coefficient (Wildman–Crippen LogP) is 2.26. The minimum Gasteiger partial charge on any atom is -0.311 e. The standard InChI is InChI=1S/C15H18N4O/c1-10-6-7-13(11(2)9-10)19(3)15(20)12-5-4-8-17-14(12)18-16/h4-9H,16H2,1-3H3,(H,17,18). The lowest BCUT2D eigenvalue weighted by Gasteiger charge is -2.20. The molecule has 2 rings (SSSR count). The van der Waals surface area contributed by atoms with Crippen LogP contribution in [0, 0.1) is 13.8 Å². The molecule has 5 nitrogen and oxygen atoms in total. The summed E-state index contributed by atoms with van der Waals surface area (Å²) in [7, 11) is 1.74. The highest BCUT2D eigenvalue weighted by Crippen LogP contribution is 2.23. The maximum absolute atomic E-state index is 12.6. The second-order valence-corrected chi connectivity index (χ2v) is 4.70. The Bertz CT molecular complexity index is 640. The van der Waals surface area contributed by atoms with Crippen molar-refractivity contribution in [1.29, 1.82) is 0 Å². The molecule has 5 heteroatoms.